The van der Waals surface area contributed by atoms with Crippen molar-refractivity contribution in [1.29, 1.82) is 0 Å². The minimum Gasteiger partial charge on any atom is -0.476 e. The maximum atomic E-state index is 11.5. The lowest BCUT2D eigenvalue weighted by Gasteiger charge is -2.24. The summed E-state index contributed by atoms with van der Waals surface area (Å²) in [5, 5.41) is 9.39. The van der Waals surface area contributed by atoms with E-state index in [1.807, 2.05) is 6.07 Å². The average Bonchev–Trinajstić information content (AvgIpc) is 2.85. The lowest BCUT2D eigenvalue weighted by molar-refractivity contribution is 0.0682. The molecule has 2 aromatic rings. The molecule has 2 aromatic heterocycles. The third-order valence-corrected chi connectivity index (χ3v) is 4.05. The molecule has 0 radical (unpaired) electrons. The predicted molar refractivity (Wildman–Crippen MR) is 78.7 cm³/mol. The van der Waals surface area contributed by atoms with Gasteiger partial charge in [-0.25, -0.2) is 4.79 Å². The van der Waals surface area contributed by atoms with E-state index in [0.29, 0.717) is 24.1 Å². The molecule has 2 atom stereocenters. The summed E-state index contributed by atoms with van der Waals surface area (Å²) in [6.45, 7) is 2.69. The standard InChI is InChI=1S/C16H18N2O3/c1-11-6-2-3-7-12(11)10-21-15-14(16(19)20)18-9-5-4-8-13(18)17-15/h2-5,8-9,11-12H,6-7,10H2,1H3,(H,19,20). The van der Waals surface area contributed by atoms with E-state index in [1.165, 1.54) is 0 Å². The second kappa shape index (κ2) is 5.60. The smallest absolute Gasteiger partial charge is 0.358 e. The zero-order valence-corrected chi connectivity index (χ0v) is 11.9. The molecule has 0 aliphatic heterocycles. The number of aromatic nitrogens is 2. The third-order valence-electron chi connectivity index (χ3n) is 4.05. The number of carboxylic acid groups (broad SMARTS) is 1. The van der Waals surface area contributed by atoms with E-state index in [4.69, 9.17) is 4.74 Å². The van der Waals surface area contributed by atoms with Crippen molar-refractivity contribution >= 4 is 11.6 Å². The third kappa shape index (κ3) is 2.63. The van der Waals surface area contributed by atoms with E-state index in [0.717, 1.165) is 12.8 Å². The largest absolute Gasteiger partial charge is 0.476 e. The summed E-state index contributed by atoms with van der Waals surface area (Å²) in [5.74, 6) is 0.123. The number of nitrogens with zero attached hydrogens (tertiary/aromatic N) is 2. The summed E-state index contributed by atoms with van der Waals surface area (Å²) in [5.41, 5.74) is 0.672. The van der Waals surface area contributed by atoms with Crippen LogP contribution in [0.5, 0.6) is 5.88 Å². The Labute approximate surface area is 122 Å². The number of rotatable bonds is 4. The van der Waals surface area contributed by atoms with Crippen LogP contribution >= 0.6 is 0 Å². The van der Waals surface area contributed by atoms with E-state index in [2.05, 4.69) is 24.1 Å². The number of carbonyl (C=O) groups is 1. The van der Waals surface area contributed by atoms with Crippen LogP contribution in [0.4, 0.5) is 0 Å². The first-order valence-electron chi connectivity index (χ1n) is 7.15. The molecule has 1 aliphatic carbocycles. The number of aromatic carboxylic acids is 1. The summed E-state index contributed by atoms with van der Waals surface area (Å²) in [7, 11) is 0. The molecule has 5 heteroatoms. The second-order valence-electron chi connectivity index (χ2n) is 5.49. The molecule has 0 aromatic carbocycles. The van der Waals surface area contributed by atoms with Crippen LogP contribution in [0.1, 0.15) is 30.3 Å². The molecular weight excluding hydrogens is 268 g/mol. The first-order valence-corrected chi connectivity index (χ1v) is 7.15. The molecule has 5 nitrogen and oxygen atoms in total. The summed E-state index contributed by atoms with van der Waals surface area (Å²) in [6.07, 6.45) is 8.05. The fourth-order valence-corrected chi connectivity index (χ4v) is 2.69. The number of hydrogen-bond donors (Lipinski definition) is 1. The number of ether oxygens (including phenoxy) is 1. The fraction of sp³-hybridized carbons (Fsp3) is 0.375. The molecule has 110 valence electrons. The Morgan fingerprint density at radius 1 is 1.43 bits per heavy atom. The van der Waals surface area contributed by atoms with Gasteiger partial charge in [0.05, 0.1) is 6.61 Å². The number of imidazole rings is 1. The average molecular weight is 286 g/mol. The molecule has 0 spiro atoms. The van der Waals surface area contributed by atoms with Gasteiger partial charge in [-0.05, 0) is 36.8 Å². The fourth-order valence-electron chi connectivity index (χ4n) is 2.69. The van der Waals surface area contributed by atoms with Gasteiger partial charge in [-0.15, -0.1) is 0 Å². The molecule has 2 unspecified atom stereocenters. The SMILES string of the molecule is CC1CC=CCC1COc1nc2ccccn2c1C(=O)O. The van der Waals surface area contributed by atoms with Crippen LogP contribution in [0.15, 0.2) is 36.5 Å². The molecule has 21 heavy (non-hydrogen) atoms. The Morgan fingerprint density at radius 3 is 3.00 bits per heavy atom. The molecule has 2 heterocycles. The number of fused-ring (bicyclic) bond motifs is 1. The van der Waals surface area contributed by atoms with Gasteiger partial charge in [-0.3, -0.25) is 4.40 Å². The monoisotopic (exact) mass is 286 g/mol. The Bertz CT molecular complexity index is 690. The van der Waals surface area contributed by atoms with E-state index >= 15 is 0 Å². The number of allylic oxidation sites excluding steroid dienone is 2. The minimum absolute atomic E-state index is 0.0876. The molecular formula is C16H18N2O3. The van der Waals surface area contributed by atoms with E-state index in [9.17, 15) is 9.90 Å². The summed E-state index contributed by atoms with van der Waals surface area (Å²) in [6, 6.07) is 5.37. The van der Waals surface area contributed by atoms with Crippen molar-refractivity contribution < 1.29 is 14.6 Å². The number of hydrogen-bond acceptors (Lipinski definition) is 3. The van der Waals surface area contributed by atoms with E-state index in [-0.39, 0.29) is 11.6 Å². The minimum atomic E-state index is -1.03. The van der Waals surface area contributed by atoms with Gasteiger partial charge in [-0.1, -0.05) is 25.1 Å². The lowest BCUT2D eigenvalue weighted by Crippen LogP contribution is -2.21. The van der Waals surface area contributed by atoms with Crippen LogP contribution in [-0.2, 0) is 0 Å². The van der Waals surface area contributed by atoms with Gasteiger partial charge in [0.15, 0.2) is 5.69 Å². The van der Waals surface area contributed by atoms with Gasteiger partial charge in [0, 0.05) is 6.20 Å². The molecule has 1 N–H and O–H groups in total. The summed E-state index contributed by atoms with van der Waals surface area (Å²) < 4.78 is 7.29. The highest BCUT2D eigenvalue weighted by molar-refractivity contribution is 5.89. The molecule has 0 amide bonds. The lowest BCUT2D eigenvalue weighted by atomic mass is 9.85. The van der Waals surface area contributed by atoms with Crippen LogP contribution in [0, 0.1) is 11.8 Å². The van der Waals surface area contributed by atoms with E-state index < -0.39 is 5.97 Å². The molecule has 0 fully saturated rings. The van der Waals surface area contributed by atoms with Crippen molar-refractivity contribution in [2.75, 3.05) is 6.61 Å². The Balaban J connectivity index is 1.85. The zero-order valence-electron chi connectivity index (χ0n) is 11.9. The van der Waals surface area contributed by atoms with Crippen LogP contribution < -0.4 is 4.74 Å². The number of carboxylic acids is 1. The van der Waals surface area contributed by atoms with Gasteiger partial charge in [0.25, 0.3) is 0 Å². The highest BCUT2D eigenvalue weighted by Crippen LogP contribution is 2.27. The maximum Gasteiger partial charge on any atom is 0.358 e. The number of pyridine rings is 1. The molecule has 0 bridgehead atoms. The Hall–Kier alpha value is -2.30. The molecule has 1 aliphatic rings. The predicted octanol–water partition coefficient (Wildman–Crippen LogP) is 3.01. The molecule has 3 rings (SSSR count). The van der Waals surface area contributed by atoms with Crippen LogP contribution in [-0.4, -0.2) is 27.1 Å². The normalized spacial score (nSPS) is 21.6. The summed E-state index contributed by atoms with van der Waals surface area (Å²) in [4.78, 5) is 15.7. The first kappa shape index (κ1) is 13.7. The van der Waals surface area contributed by atoms with Crippen LogP contribution in [0.2, 0.25) is 0 Å². The van der Waals surface area contributed by atoms with Crippen molar-refractivity contribution in [3.8, 4) is 5.88 Å². The van der Waals surface area contributed by atoms with E-state index in [1.54, 1.807) is 22.7 Å². The Kier molecular flexibility index (Phi) is 3.64. The Morgan fingerprint density at radius 2 is 2.24 bits per heavy atom. The van der Waals surface area contributed by atoms with Gasteiger partial charge in [0.2, 0.25) is 5.88 Å². The zero-order chi connectivity index (χ0) is 14.8. The topological polar surface area (TPSA) is 63.8 Å². The summed E-state index contributed by atoms with van der Waals surface area (Å²) >= 11 is 0. The van der Waals surface area contributed by atoms with Gasteiger partial charge in [-0.2, -0.15) is 4.98 Å². The molecule has 0 saturated heterocycles. The van der Waals surface area contributed by atoms with Crippen LogP contribution in [0.25, 0.3) is 5.65 Å². The van der Waals surface area contributed by atoms with Crippen molar-refractivity contribution in [2.45, 2.75) is 19.8 Å². The van der Waals surface area contributed by atoms with Crippen LogP contribution in [0.3, 0.4) is 0 Å². The van der Waals surface area contributed by atoms with Crippen molar-refractivity contribution in [2.24, 2.45) is 11.8 Å². The highest BCUT2D eigenvalue weighted by atomic mass is 16.5. The van der Waals surface area contributed by atoms with Crippen molar-refractivity contribution in [3.63, 3.8) is 0 Å². The highest BCUT2D eigenvalue weighted by Gasteiger charge is 2.23. The first-order chi connectivity index (χ1) is 10.2. The second-order valence-corrected chi connectivity index (χ2v) is 5.49. The van der Waals surface area contributed by atoms with Gasteiger partial charge < -0.3 is 9.84 Å². The quantitative estimate of drug-likeness (QED) is 0.877. The maximum absolute atomic E-state index is 11.5. The van der Waals surface area contributed by atoms with Crippen molar-refractivity contribution in [3.05, 3.63) is 42.2 Å². The van der Waals surface area contributed by atoms with Gasteiger partial charge >= 0.3 is 5.97 Å². The molecule has 0 saturated carbocycles. The van der Waals surface area contributed by atoms with Gasteiger partial charge in [0.1, 0.15) is 5.65 Å². The van der Waals surface area contributed by atoms with Crippen molar-refractivity contribution in [1.82, 2.24) is 9.38 Å².